The maximum Gasteiger partial charge on any atom is 0.226 e. The van der Waals surface area contributed by atoms with Crippen molar-refractivity contribution >= 4 is 5.91 Å². The van der Waals surface area contributed by atoms with Crippen molar-refractivity contribution in [1.29, 1.82) is 0 Å². The molecule has 1 N–H and O–H groups in total. The lowest BCUT2D eigenvalue weighted by Crippen LogP contribution is -2.32. The average Bonchev–Trinajstić information content (AvgIpc) is 3.06. The molecule has 0 aromatic heterocycles. The summed E-state index contributed by atoms with van der Waals surface area (Å²) in [6.07, 6.45) is 5.00. The summed E-state index contributed by atoms with van der Waals surface area (Å²) in [6, 6.07) is 0. The van der Waals surface area contributed by atoms with Gasteiger partial charge in [-0.2, -0.15) is 0 Å². The molecule has 3 heteroatoms. The number of carbonyl (C=O) groups is 1. The molecule has 3 fully saturated rings. The first-order valence-corrected chi connectivity index (χ1v) is 6.17. The van der Waals surface area contributed by atoms with Crippen LogP contribution in [0.3, 0.4) is 0 Å². The number of amides is 1. The predicted octanol–water partition coefficient (Wildman–Crippen LogP) is 0.854. The van der Waals surface area contributed by atoms with Gasteiger partial charge in [0.25, 0.3) is 0 Å². The Morgan fingerprint density at radius 1 is 1.53 bits per heavy atom. The van der Waals surface area contributed by atoms with Crippen molar-refractivity contribution in [1.82, 2.24) is 10.2 Å². The Morgan fingerprint density at radius 3 is 2.93 bits per heavy atom. The first-order valence-electron chi connectivity index (χ1n) is 6.17. The highest BCUT2D eigenvalue weighted by molar-refractivity contribution is 5.82. The van der Waals surface area contributed by atoms with Gasteiger partial charge in [-0.1, -0.05) is 0 Å². The van der Waals surface area contributed by atoms with E-state index in [0.717, 1.165) is 32.0 Å². The predicted molar refractivity (Wildman–Crippen MR) is 58.4 cm³/mol. The maximum atomic E-state index is 12.1. The van der Waals surface area contributed by atoms with Crippen molar-refractivity contribution in [3.63, 3.8) is 0 Å². The summed E-state index contributed by atoms with van der Waals surface area (Å²) in [5, 5.41) is 3.38. The minimum absolute atomic E-state index is 0.344. The van der Waals surface area contributed by atoms with Crippen LogP contribution < -0.4 is 5.32 Å². The molecule has 84 valence electrons. The van der Waals surface area contributed by atoms with Crippen LogP contribution in [0.4, 0.5) is 0 Å². The van der Waals surface area contributed by atoms with E-state index < -0.39 is 0 Å². The molecule has 0 aromatic rings. The lowest BCUT2D eigenvalue weighted by atomic mass is 10.0. The van der Waals surface area contributed by atoms with Crippen LogP contribution in [-0.2, 0) is 4.79 Å². The monoisotopic (exact) mass is 208 g/mol. The van der Waals surface area contributed by atoms with Crippen LogP contribution in [0.15, 0.2) is 0 Å². The molecule has 3 aliphatic rings. The van der Waals surface area contributed by atoms with Crippen molar-refractivity contribution < 1.29 is 4.79 Å². The molecular formula is C12H20N2O. The van der Waals surface area contributed by atoms with E-state index >= 15 is 0 Å². The van der Waals surface area contributed by atoms with Gasteiger partial charge >= 0.3 is 0 Å². The second-order valence-electron chi connectivity index (χ2n) is 5.71. The normalized spacial score (nSPS) is 38.3. The number of carbonyl (C=O) groups excluding carboxylic acids is 1. The second-order valence-corrected chi connectivity index (χ2v) is 5.71. The van der Waals surface area contributed by atoms with Crippen molar-refractivity contribution in [2.24, 2.45) is 17.3 Å². The summed E-state index contributed by atoms with van der Waals surface area (Å²) in [5.41, 5.74) is 0.370. The van der Waals surface area contributed by atoms with Gasteiger partial charge in [-0.15, -0.1) is 0 Å². The first kappa shape index (κ1) is 9.64. The molecule has 15 heavy (non-hydrogen) atoms. The van der Waals surface area contributed by atoms with E-state index in [4.69, 9.17) is 0 Å². The maximum absolute atomic E-state index is 12.1. The molecular weight excluding hydrogens is 188 g/mol. The summed E-state index contributed by atoms with van der Waals surface area (Å²) in [4.78, 5) is 14.1. The largest absolute Gasteiger partial charge is 0.345 e. The quantitative estimate of drug-likeness (QED) is 0.746. The first-order chi connectivity index (χ1) is 7.21. The lowest BCUT2D eigenvalue weighted by molar-refractivity contribution is -0.132. The summed E-state index contributed by atoms with van der Waals surface area (Å²) in [6.45, 7) is 3.18. The van der Waals surface area contributed by atoms with Crippen LogP contribution in [-0.4, -0.2) is 37.5 Å². The van der Waals surface area contributed by atoms with Gasteiger partial charge in [-0.05, 0) is 43.6 Å². The molecule has 0 aromatic carbocycles. The minimum atomic E-state index is 0.344. The van der Waals surface area contributed by atoms with Crippen LogP contribution in [0.1, 0.15) is 25.7 Å². The standard InChI is InChI=1S/C12H20N2O/c1-14(7-9-2-3-9)11(15)10-6-12(10)4-5-13-8-12/h9-10,13H,2-8H2,1H3. The van der Waals surface area contributed by atoms with E-state index in [2.05, 4.69) is 5.32 Å². The molecule has 1 saturated heterocycles. The molecule has 0 radical (unpaired) electrons. The van der Waals surface area contributed by atoms with Crippen molar-refractivity contribution in [2.45, 2.75) is 25.7 Å². The van der Waals surface area contributed by atoms with E-state index in [1.165, 1.54) is 19.3 Å². The summed E-state index contributed by atoms with van der Waals surface area (Å²) in [7, 11) is 1.98. The average molecular weight is 208 g/mol. The Labute approximate surface area is 91.2 Å². The van der Waals surface area contributed by atoms with Crippen molar-refractivity contribution in [2.75, 3.05) is 26.7 Å². The topological polar surface area (TPSA) is 32.3 Å². The fourth-order valence-corrected chi connectivity index (χ4v) is 2.98. The van der Waals surface area contributed by atoms with E-state index in [0.29, 0.717) is 17.2 Å². The third-order valence-electron chi connectivity index (χ3n) is 4.37. The molecule has 1 heterocycles. The molecule has 1 aliphatic heterocycles. The van der Waals surface area contributed by atoms with Crippen molar-refractivity contribution in [3.8, 4) is 0 Å². The Balaban J connectivity index is 1.56. The fraction of sp³-hybridized carbons (Fsp3) is 0.917. The number of rotatable bonds is 3. The van der Waals surface area contributed by atoms with Crippen LogP contribution >= 0.6 is 0 Å². The van der Waals surface area contributed by atoms with Gasteiger partial charge in [0.1, 0.15) is 0 Å². The Morgan fingerprint density at radius 2 is 2.33 bits per heavy atom. The molecule has 3 nitrogen and oxygen atoms in total. The highest BCUT2D eigenvalue weighted by Crippen LogP contribution is 2.57. The molecule has 2 saturated carbocycles. The third-order valence-corrected chi connectivity index (χ3v) is 4.37. The fourth-order valence-electron chi connectivity index (χ4n) is 2.98. The molecule has 2 atom stereocenters. The van der Waals surface area contributed by atoms with E-state index in [-0.39, 0.29) is 0 Å². The SMILES string of the molecule is CN(CC1CC1)C(=O)C1CC12CCNC2. The van der Waals surface area contributed by atoms with E-state index in [9.17, 15) is 4.79 Å². The molecule has 1 spiro atoms. The lowest BCUT2D eigenvalue weighted by Gasteiger charge is -2.18. The molecule has 2 aliphatic carbocycles. The smallest absolute Gasteiger partial charge is 0.226 e. The highest BCUT2D eigenvalue weighted by Gasteiger charge is 2.59. The minimum Gasteiger partial charge on any atom is -0.345 e. The summed E-state index contributed by atoms with van der Waals surface area (Å²) < 4.78 is 0. The van der Waals surface area contributed by atoms with E-state index in [1.807, 2.05) is 11.9 Å². The van der Waals surface area contributed by atoms with Crippen LogP contribution in [0, 0.1) is 17.3 Å². The van der Waals surface area contributed by atoms with Gasteiger partial charge in [0, 0.05) is 26.1 Å². The van der Waals surface area contributed by atoms with Gasteiger partial charge in [0.05, 0.1) is 0 Å². The number of hydrogen-bond acceptors (Lipinski definition) is 2. The van der Waals surface area contributed by atoms with Gasteiger partial charge < -0.3 is 10.2 Å². The molecule has 1 amide bonds. The van der Waals surface area contributed by atoms with Gasteiger partial charge in [0.2, 0.25) is 5.91 Å². The molecule has 3 rings (SSSR count). The molecule has 2 unspecified atom stereocenters. The summed E-state index contributed by atoms with van der Waals surface area (Å²) in [5.74, 6) is 1.57. The Kier molecular flexibility index (Phi) is 2.06. The number of nitrogens with zero attached hydrogens (tertiary/aromatic N) is 1. The molecule has 0 bridgehead atoms. The highest BCUT2D eigenvalue weighted by atomic mass is 16.2. The van der Waals surface area contributed by atoms with Gasteiger partial charge in [0.15, 0.2) is 0 Å². The zero-order valence-corrected chi connectivity index (χ0v) is 9.46. The van der Waals surface area contributed by atoms with Crippen LogP contribution in [0.25, 0.3) is 0 Å². The Hall–Kier alpha value is -0.570. The third kappa shape index (κ3) is 1.67. The number of hydrogen-bond donors (Lipinski definition) is 1. The Bertz CT molecular complexity index is 279. The van der Waals surface area contributed by atoms with E-state index in [1.54, 1.807) is 0 Å². The van der Waals surface area contributed by atoms with Crippen LogP contribution in [0.5, 0.6) is 0 Å². The second kappa shape index (κ2) is 3.21. The number of nitrogens with one attached hydrogen (secondary N) is 1. The zero-order chi connectivity index (χ0) is 10.5. The van der Waals surface area contributed by atoms with Crippen LogP contribution in [0.2, 0.25) is 0 Å². The van der Waals surface area contributed by atoms with Gasteiger partial charge in [-0.25, -0.2) is 0 Å². The van der Waals surface area contributed by atoms with Gasteiger partial charge in [-0.3, -0.25) is 4.79 Å². The van der Waals surface area contributed by atoms with Crippen molar-refractivity contribution in [3.05, 3.63) is 0 Å². The summed E-state index contributed by atoms with van der Waals surface area (Å²) >= 11 is 0. The zero-order valence-electron chi connectivity index (χ0n) is 9.46.